The van der Waals surface area contributed by atoms with E-state index in [0.29, 0.717) is 5.92 Å². The molecule has 1 aromatic heterocycles. The van der Waals surface area contributed by atoms with Crippen molar-refractivity contribution >= 4 is 29.9 Å². The number of benzene rings is 1. The molecule has 0 aliphatic heterocycles. The Morgan fingerprint density at radius 1 is 1.27 bits per heavy atom. The van der Waals surface area contributed by atoms with E-state index in [1.165, 1.54) is 16.7 Å². The molecular weight excluding hydrogens is 437 g/mol. The zero-order chi connectivity index (χ0) is 18.4. The predicted molar refractivity (Wildman–Crippen MR) is 120 cm³/mol. The van der Waals surface area contributed by atoms with Crippen LogP contribution in [0.3, 0.4) is 0 Å². The van der Waals surface area contributed by atoms with Gasteiger partial charge in [-0.25, -0.2) is 0 Å². The molecule has 1 heterocycles. The molecule has 1 N–H and O–H groups in total. The van der Waals surface area contributed by atoms with Gasteiger partial charge in [0.05, 0.1) is 5.69 Å². The molecule has 0 saturated carbocycles. The van der Waals surface area contributed by atoms with Crippen LogP contribution in [0.4, 0.5) is 0 Å². The van der Waals surface area contributed by atoms with Gasteiger partial charge in [0.2, 0.25) is 0 Å². The van der Waals surface area contributed by atoms with Crippen LogP contribution in [0.1, 0.15) is 42.1 Å². The number of hydrogen-bond acceptors (Lipinski definition) is 2. The molecule has 0 radical (unpaired) electrons. The Kier molecular flexibility index (Phi) is 9.12. The van der Waals surface area contributed by atoms with E-state index in [2.05, 4.69) is 78.6 Å². The van der Waals surface area contributed by atoms with E-state index in [-0.39, 0.29) is 24.0 Å². The van der Waals surface area contributed by atoms with Gasteiger partial charge in [0.15, 0.2) is 5.96 Å². The van der Waals surface area contributed by atoms with E-state index in [1.807, 2.05) is 18.8 Å². The summed E-state index contributed by atoms with van der Waals surface area (Å²) < 4.78 is 1.90. The molecular formula is C20H32IN5. The maximum atomic E-state index is 4.59. The lowest BCUT2D eigenvalue weighted by Crippen LogP contribution is -2.39. The van der Waals surface area contributed by atoms with Crippen LogP contribution in [-0.2, 0) is 20.0 Å². The molecule has 144 valence electrons. The molecule has 1 aromatic carbocycles. The number of aromatic nitrogens is 2. The molecule has 0 bridgehead atoms. The number of rotatable bonds is 6. The van der Waals surface area contributed by atoms with Gasteiger partial charge in [-0.05, 0) is 30.4 Å². The van der Waals surface area contributed by atoms with Crippen molar-refractivity contribution in [1.29, 1.82) is 0 Å². The number of guanidine groups is 1. The van der Waals surface area contributed by atoms with E-state index in [4.69, 9.17) is 0 Å². The molecule has 0 amide bonds. The second-order valence-electron chi connectivity index (χ2n) is 6.87. The Balaban J connectivity index is 0.00000338. The molecule has 0 aliphatic rings. The highest BCUT2D eigenvalue weighted by Crippen LogP contribution is 2.18. The van der Waals surface area contributed by atoms with Crippen molar-refractivity contribution in [2.24, 2.45) is 12.0 Å². The molecule has 6 heteroatoms. The topological polar surface area (TPSA) is 45.5 Å². The highest BCUT2D eigenvalue weighted by atomic mass is 127. The Bertz CT molecular complexity index is 721. The number of halogens is 1. The summed E-state index contributed by atoms with van der Waals surface area (Å²) in [6.45, 7) is 8.19. The van der Waals surface area contributed by atoms with Crippen molar-refractivity contribution in [3.05, 3.63) is 52.8 Å². The first-order valence-corrected chi connectivity index (χ1v) is 8.91. The second kappa shape index (κ2) is 10.5. The van der Waals surface area contributed by atoms with Crippen LogP contribution in [0.5, 0.6) is 0 Å². The van der Waals surface area contributed by atoms with Crippen molar-refractivity contribution in [3.63, 3.8) is 0 Å². The lowest BCUT2D eigenvalue weighted by Gasteiger charge is -2.22. The fourth-order valence-corrected chi connectivity index (χ4v) is 3.08. The fourth-order valence-electron chi connectivity index (χ4n) is 3.08. The fraction of sp³-hybridized carbons (Fsp3) is 0.500. The largest absolute Gasteiger partial charge is 0.356 e. The summed E-state index contributed by atoms with van der Waals surface area (Å²) in [7, 11) is 5.88. The van der Waals surface area contributed by atoms with Crippen LogP contribution in [0, 0.1) is 6.92 Å². The summed E-state index contributed by atoms with van der Waals surface area (Å²) >= 11 is 0. The minimum absolute atomic E-state index is 0. The molecule has 0 spiro atoms. The van der Waals surface area contributed by atoms with Gasteiger partial charge in [-0.2, -0.15) is 5.10 Å². The third kappa shape index (κ3) is 6.00. The van der Waals surface area contributed by atoms with Crippen molar-refractivity contribution in [2.45, 2.75) is 39.7 Å². The zero-order valence-electron chi connectivity index (χ0n) is 16.8. The van der Waals surface area contributed by atoms with Crippen LogP contribution >= 0.6 is 24.0 Å². The van der Waals surface area contributed by atoms with E-state index >= 15 is 0 Å². The average Bonchev–Trinajstić information content (AvgIpc) is 2.93. The Labute approximate surface area is 174 Å². The minimum atomic E-state index is 0. The maximum Gasteiger partial charge on any atom is 0.193 e. The Hall–Kier alpha value is -1.57. The molecule has 0 unspecified atom stereocenters. The first-order chi connectivity index (χ1) is 11.9. The molecule has 0 atom stereocenters. The first kappa shape index (κ1) is 22.5. The van der Waals surface area contributed by atoms with Crippen LogP contribution in [0.2, 0.25) is 0 Å². The monoisotopic (exact) mass is 469 g/mol. The lowest BCUT2D eigenvalue weighted by atomic mass is 10.1. The summed E-state index contributed by atoms with van der Waals surface area (Å²) in [5, 5.41) is 8.06. The summed E-state index contributed by atoms with van der Waals surface area (Å²) in [5.41, 5.74) is 5.12. The smallest absolute Gasteiger partial charge is 0.193 e. The molecule has 5 nitrogen and oxygen atoms in total. The quantitative estimate of drug-likeness (QED) is 0.399. The summed E-state index contributed by atoms with van der Waals surface area (Å²) in [6.07, 6.45) is 3.09. The number of aliphatic imine (C=N–C) groups is 1. The molecule has 0 saturated heterocycles. The number of hydrogen-bond donors (Lipinski definition) is 1. The lowest BCUT2D eigenvalue weighted by molar-refractivity contribution is 0.474. The van der Waals surface area contributed by atoms with Gasteiger partial charge in [-0.3, -0.25) is 9.67 Å². The molecule has 2 rings (SSSR count). The van der Waals surface area contributed by atoms with E-state index < -0.39 is 0 Å². The van der Waals surface area contributed by atoms with Crippen LogP contribution in [0.15, 0.2) is 35.5 Å². The highest BCUT2D eigenvalue weighted by Gasteiger charge is 2.15. The summed E-state index contributed by atoms with van der Waals surface area (Å²) in [5.74, 6) is 1.33. The molecule has 2 aromatic rings. The zero-order valence-corrected chi connectivity index (χ0v) is 19.1. The van der Waals surface area contributed by atoms with Gasteiger partial charge in [-0.15, -0.1) is 24.0 Å². The standard InChI is InChI=1S/C20H31N5.HI/c1-15(2)19-18(14-25(6)23-19)13-24(5)20(21-4)22-12-11-17-10-8-7-9-16(17)3;/h7-10,14-15H,11-13H2,1-6H3,(H,21,22);1H. The summed E-state index contributed by atoms with van der Waals surface area (Å²) in [4.78, 5) is 6.58. The summed E-state index contributed by atoms with van der Waals surface area (Å²) in [6, 6.07) is 8.53. The predicted octanol–water partition coefficient (Wildman–Crippen LogP) is 3.72. The van der Waals surface area contributed by atoms with Gasteiger partial charge in [-0.1, -0.05) is 38.1 Å². The maximum absolute atomic E-state index is 4.59. The van der Waals surface area contributed by atoms with Gasteiger partial charge in [0.25, 0.3) is 0 Å². The SMILES string of the molecule is CN=C(NCCc1ccccc1C)N(C)Cc1cn(C)nc1C(C)C.I. The van der Waals surface area contributed by atoms with Crippen molar-refractivity contribution in [2.75, 3.05) is 20.6 Å². The Morgan fingerprint density at radius 2 is 1.96 bits per heavy atom. The van der Waals surface area contributed by atoms with E-state index in [9.17, 15) is 0 Å². The van der Waals surface area contributed by atoms with Crippen molar-refractivity contribution < 1.29 is 0 Å². The van der Waals surface area contributed by atoms with Crippen molar-refractivity contribution in [1.82, 2.24) is 20.0 Å². The second-order valence-corrected chi connectivity index (χ2v) is 6.87. The van der Waals surface area contributed by atoms with Crippen LogP contribution in [0.25, 0.3) is 0 Å². The average molecular weight is 469 g/mol. The number of nitrogens with one attached hydrogen (secondary N) is 1. The van der Waals surface area contributed by atoms with Gasteiger partial charge in [0.1, 0.15) is 0 Å². The third-order valence-corrected chi connectivity index (χ3v) is 4.40. The third-order valence-electron chi connectivity index (χ3n) is 4.40. The van der Waals surface area contributed by atoms with Gasteiger partial charge >= 0.3 is 0 Å². The van der Waals surface area contributed by atoms with E-state index in [0.717, 1.165) is 31.2 Å². The first-order valence-electron chi connectivity index (χ1n) is 8.91. The molecule has 0 aliphatic carbocycles. The number of aryl methyl sites for hydroxylation is 2. The molecule has 0 fully saturated rings. The van der Waals surface area contributed by atoms with Gasteiger partial charge < -0.3 is 10.2 Å². The normalized spacial score (nSPS) is 11.4. The van der Waals surface area contributed by atoms with Crippen LogP contribution in [-0.4, -0.2) is 41.3 Å². The number of nitrogens with zero attached hydrogens (tertiary/aromatic N) is 4. The van der Waals surface area contributed by atoms with Gasteiger partial charge in [0, 0.05) is 46.0 Å². The highest BCUT2D eigenvalue weighted by molar-refractivity contribution is 14.0. The van der Waals surface area contributed by atoms with Crippen molar-refractivity contribution in [3.8, 4) is 0 Å². The Morgan fingerprint density at radius 3 is 2.58 bits per heavy atom. The minimum Gasteiger partial charge on any atom is -0.356 e. The van der Waals surface area contributed by atoms with E-state index in [1.54, 1.807) is 0 Å². The van der Waals surface area contributed by atoms with Crippen LogP contribution < -0.4 is 5.32 Å². The molecule has 26 heavy (non-hydrogen) atoms.